The average Bonchev–Trinajstić information content (AvgIpc) is 3.04. The van der Waals surface area contributed by atoms with Crippen molar-refractivity contribution in [2.24, 2.45) is 7.05 Å². The van der Waals surface area contributed by atoms with Crippen molar-refractivity contribution in [3.8, 4) is 0 Å². The van der Waals surface area contributed by atoms with Gasteiger partial charge in [0.2, 0.25) is 0 Å². The Morgan fingerprint density at radius 2 is 1.86 bits per heavy atom. The number of anilines is 2. The molecule has 2 heterocycles. The van der Waals surface area contributed by atoms with Crippen LogP contribution in [0.15, 0.2) is 47.4 Å². The van der Waals surface area contributed by atoms with Crippen LogP contribution in [-0.2, 0) is 7.05 Å². The van der Waals surface area contributed by atoms with Gasteiger partial charge < -0.3 is 14.8 Å². The normalized spacial score (nSPS) is 14.1. The third-order valence-corrected chi connectivity index (χ3v) is 3.97. The number of nitrogens with zero attached hydrogens (tertiary/aromatic N) is 2. The van der Waals surface area contributed by atoms with E-state index in [2.05, 4.69) is 10.2 Å². The average molecular weight is 297 g/mol. The van der Waals surface area contributed by atoms with E-state index in [-0.39, 0.29) is 11.5 Å². The van der Waals surface area contributed by atoms with Gasteiger partial charge in [-0.05, 0) is 31.0 Å². The molecular weight excluding hydrogens is 278 g/mol. The number of aromatic nitrogens is 1. The fraction of sp³-hybridized carbons (Fsp3) is 0.294. The molecule has 5 heteroatoms. The van der Waals surface area contributed by atoms with Crippen molar-refractivity contribution in [1.82, 2.24) is 4.57 Å². The zero-order chi connectivity index (χ0) is 15.5. The molecule has 1 aliphatic heterocycles. The topological polar surface area (TPSA) is 54.3 Å². The van der Waals surface area contributed by atoms with E-state index in [4.69, 9.17) is 0 Å². The van der Waals surface area contributed by atoms with E-state index in [9.17, 15) is 9.59 Å². The molecule has 1 aromatic carbocycles. The first-order valence-corrected chi connectivity index (χ1v) is 7.47. The number of hydrogen-bond acceptors (Lipinski definition) is 3. The molecule has 1 N–H and O–H groups in total. The number of aryl methyl sites for hydroxylation is 1. The van der Waals surface area contributed by atoms with E-state index in [1.54, 1.807) is 19.3 Å². The van der Waals surface area contributed by atoms with Crippen molar-refractivity contribution in [3.63, 3.8) is 0 Å². The summed E-state index contributed by atoms with van der Waals surface area (Å²) in [6, 6.07) is 10.8. The predicted molar refractivity (Wildman–Crippen MR) is 87.5 cm³/mol. The lowest BCUT2D eigenvalue weighted by Crippen LogP contribution is -2.22. The fourth-order valence-corrected chi connectivity index (χ4v) is 2.70. The summed E-state index contributed by atoms with van der Waals surface area (Å²) in [7, 11) is 1.66. The number of para-hydroxylation sites is 2. The van der Waals surface area contributed by atoms with Gasteiger partial charge in [-0.3, -0.25) is 9.59 Å². The van der Waals surface area contributed by atoms with Crippen LogP contribution in [0.5, 0.6) is 0 Å². The number of carbonyl (C=O) groups excluding carboxylic acids is 1. The van der Waals surface area contributed by atoms with Gasteiger partial charge in [-0.1, -0.05) is 12.1 Å². The molecule has 0 spiro atoms. The van der Waals surface area contributed by atoms with E-state index in [0.717, 1.165) is 24.5 Å². The van der Waals surface area contributed by atoms with Gasteiger partial charge >= 0.3 is 0 Å². The highest BCUT2D eigenvalue weighted by Crippen LogP contribution is 2.28. The van der Waals surface area contributed by atoms with Crippen LogP contribution in [0.1, 0.15) is 23.2 Å². The molecule has 1 fully saturated rings. The summed E-state index contributed by atoms with van der Waals surface area (Å²) >= 11 is 0. The molecule has 114 valence electrons. The first-order valence-electron chi connectivity index (χ1n) is 7.47. The number of amides is 1. The Morgan fingerprint density at radius 3 is 2.59 bits per heavy atom. The molecule has 1 amide bonds. The van der Waals surface area contributed by atoms with Crippen LogP contribution in [-0.4, -0.2) is 23.6 Å². The Kier molecular flexibility index (Phi) is 3.96. The summed E-state index contributed by atoms with van der Waals surface area (Å²) in [4.78, 5) is 26.3. The molecule has 5 nitrogen and oxygen atoms in total. The summed E-state index contributed by atoms with van der Waals surface area (Å²) in [5.41, 5.74) is 2.01. The first-order chi connectivity index (χ1) is 10.6. The minimum atomic E-state index is -0.260. The van der Waals surface area contributed by atoms with E-state index < -0.39 is 0 Å². The van der Waals surface area contributed by atoms with Gasteiger partial charge in [-0.25, -0.2) is 0 Å². The fourth-order valence-electron chi connectivity index (χ4n) is 2.70. The second-order valence-corrected chi connectivity index (χ2v) is 5.53. The van der Waals surface area contributed by atoms with Crippen molar-refractivity contribution < 1.29 is 4.79 Å². The molecule has 22 heavy (non-hydrogen) atoms. The molecule has 1 saturated heterocycles. The molecule has 0 atom stereocenters. The number of rotatable bonds is 3. The molecule has 0 saturated carbocycles. The predicted octanol–water partition coefficient (Wildman–Crippen LogP) is 2.24. The standard InChI is InChI=1S/C17H19N3O2/c1-19-11-8-13(12-16(19)21)17(22)18-14-6-2-3-7-15(14)20-9-4-5-10-20/h2-3,6-8,11-12H,4-5,9-10H2,1H3,(H,18,22). The molecule has 2 aromatic rings. The number of benzene rings is 1. The smallest absolute Gasteiger partial charge is 0.255 e. The van der Waals surface area contributed by atoms with Gasteiger partial charge in [-0.15, -0.1) is 0 Å². The quantitative estimate of drug-likeness (QED) is 0.945. The Labute approximate surface area is 129 Å². The highest BCUT2D eigenvalue weighted by atomic mass is 16.2. The summed E-state index contributed by atoms with van der Waals surface area (Å²) in [5, 5.41) is 2.92. The van der Waals surface area contributed by atoms with Gasteiger partial charge in [0.05, 0.1) is 11.4 Å². The third kappa shape index (κ3) is 2.88. The second kappa shape index (κ2) is 6.05. The lowest BCUT2D eigenvalue weighted by molar-refractivity contribution is 0.102. The van der Waals surface area contributed by atoms with Crippen LogP contribution in [0.25, 0.3) is 0 Å². The first kappa shape index (κ1) is 14.4. The van der Waals surface area contributed by atoms with Crippen molar-refractivity contribution >= 4 is 17.3 Å². The van der Waals surface area contributed by atoms with Crippen LogP contribution < -0.4 is 15.8 Å². The third-order valence-electron chi connectivity index (χ3n) is 3.97. The summed E-state index contributed by atoms with van der Waals surface area (Å²) in [6.07, 6.45) is 3.96. The van der Waals surface area contributed by atoms with Gasteiger partial charge in [-0.2, -0.15) is 0 Å². The van der Waals surface area contributed by atoms with E-state index in [1.165, 1.54) is 23.5 Å². The summed E-state index contributed by atoms with van der Waals surface area (Å²) in [6.45, 7) is 2.03. The van der Waals surface area contributed by atoms with Gasteiger partial charge in [0.15, 0.2) is 0 Å². The van der Waals surface area contributed by atoms with E-state index >= 15 is 0 Å². The molecule has 0 bridgehead atoms. The van der Waals surface area contributed by atoms with Crippen LogP contribution in [0.4, 0.5) is 11.4 Å². The van der Waals surface area contributed by atoms with Gasteiger partial charge in [0.25, 0.3) is 11.5 Å². The second-order valence-electron chi connectivity index (χ2n) is 5.53. The van der Waals surface area contributed by atoms with E-state index in [1.807, 2.05) is 24.3 Å². The molecule has 1 aliphatic rings. The van der Waals surface area contributed by atoms with Gasteiger partial charge in [0.1, 0.15) is 0 Å². The Morgan fingerprint density at radius 1 is 1.14 bits per heavy atom. The Hall–Kier alpha value is -2.56. The maximum atomic E-state index is 12.4. The van der Waals surface area contributed by atoms with Crippen molar-refractivity contribution in [2.45, 2.75) is 12.8 Å². The maximum absolute atomic E-state index is 12.4. The molecule has 1 aromatic heterocycles. The lowest BCUT2D eigenvalue weighted by atomic mass is 10.2. The summed E-state index contributed by atoms with van der Waals surface area (Å²) in [5.74, 6) is -0.260. The van der Waals surface area contributed by atoms with Gasteiger partial charge in [0, 0.05) is 38.0 Å². The summed E-state index contributed by atoms with van der Waals surface area (Å²) < 4.78 is 1.44. The van der Waals surface area contributed by atoms with Crippen LogP contribution in [0.3, 0.4) is 0 Å². The number of carbonyl (C=O) groups is 1. The monoisotopic (exact) mass is 297 g/mol. The zero-order valence-electron chi connectivity index (χ0n) is 12.6. The van der Waals surface area contributed by atoms with E-state index in [0.29, 0.717) is 5.56 Å². The molecule has 0 unspecified atom stereocenters. The number of pyridine rings is 1. The molecule has 0 radical (unpaired) electrons. The Bertz CT molecular complexity index is 746. The van der Waals surface area contributed by atoms with Crippen LogP contribution >= 0.6 is 0 Å². The zero-order valence-corrected chi connectivity index (χ0v) is 12.6. The highest BCUT2D eigenvalue weighted by Gasteiger charge is 2.17. The van der Waals surface area contributed by atoms with Crippen molar-refractivity contribution in [2.75, 3.05) is 23.3 Å². The minimum absolute atomic E-state index is 0.194. The SMILES string of the molecule is Cn1ccc(C(=O)Nc2ccccc2N2CCCC2)cc1=O. The molecular formula is C17H19N3O2. The minimum Gasteiger partial charge on any atom is -0.370 e. The number of nitrogens with one attached hydrogen (secondary N) is 1. The number of hydrogen-bond donors (Lipinski definition) is 1. The Balaban J connectivity index is 1.84. The van der Waals surface area contributed by atoms with Crippen LogP contribution in [0, 0.1) is 0 Å². The van der Waals surface area contributed by atoms with Crippen LogP contribution in [0.2, 0.25) is 0 Å². The largest absolute Gasteiger partial charge is 0.370 e. The molecule has 3 rings (SSSR count). The molecule has 0 aliphatic carbocycles. The van der Waals surface area contributed by atoms with Crippen molar-refractivity contribution in [3.05, 3.63) is 58.5 Å². The van der Waals surface area contributed by atoms with Crippen molar-refractivity contribution in [1.29, 1.82) is 0 Å². The maximum Gasteiger partial charge on any atom is 0.255 e. The lowest BCUT2D eigenvalue weighted by Gasteiger charge is -2.21. The highest BCUT2D eigenvalue weighted by molar-refractivity contribution is 6.05.